The first-order chi connectivity index (χ1) is 14.9. The van der Waals surface area contributed by atoms with Crippen molar-refractivity contribution in [2.75, 3.05) is 18.5 Å². The third-order valence-electron chi connectivity index (χ3n) is 4.59. The molecular weight excluding hydrogens is 442 g/mol. The van der Waals surface area contributed by atoms with Crippen LogP contribution in [0.25, 0.3) is 6.08 Å². The first kappa shape index (κ1) is 22.9. The SMILES string of the molecule is CN(C(=O)CCCN1C(=O)/C(=C/c2ccccc2OC(F)F)SC1=S)c1ccccc1. The number of amides is 2. The Labute approximate surface area is 188 Å². The minimum atomic E-state index is -2.96. The zero-order valence-corrected chi connectivity index (χ0v) is 18.3. The van der Waals surface area contributed by atoms with Crippen LogP contribution in [0.4, 0.5) is 14.5 Å². The average molecular weight is 463 g/mol. The molecule has 2 aromatic carbocycles. The Morgan fingerprint density at radius 1 is 1.19 bits per heavy atom. The molecule has 1 saturated heterocycles. The van der Waals surface area contributed by atoms with Crippen LogP contribution in [0.3, 0.4) is 0 Å². The molecule has 31 heavy (non-hydrogen) atoms. The van der Waals surface area contributed by atoms with Crippen molar-refractivity contribution in [2.24, 2.45) is 0 Å². The number of hydrogen-bond donors (Lipinski definition) is 0. The van der Waals surface area contributed by atoms with Crippen LogP contribution in [0.5, 0.6) is 5.75 Å². The largest absolute Gasteiger partial charge is 0.434 e. The van der Waals surface area contributed by atoms with Gasteiger partial charge in [0.2, 0.25) is 5.91 Å². The summed E-state index contributed by atoms with van der Waals surface area (Å²) < 4.78 is 30.1. The van der Waals surface area contributed by atoms with Crippen molar-refractivity contribution in [1.29, 1.82) is 0 Å². The maximum atomic E-state index is 12.7. The van der Waals surface area contributed by atoms with E-state index < -0.39 is 6.61 Å². The Morgan fingerprint density at radius 3 is 2.58 bits per heavy atom. The van der Waals surface area contributed by atoms with E-state index in [2.05, 4.69) is 4.74 Å². The maximum absolute atomic E-state index is 12.7. The van der Waals surface area contributed by atoms with E-state index >= 15 is 0 Å². The number of benzene rings is 2. The number of ether oxygens (including phenoxy) is 1. The number of thiocarbonyl (C=S) groups is 1. The number of rotatable bonds is 8. The van der Waals surface area contributed by atoms with Crippen LogP contribution < -0.4 is 9.64 Å². The Hall–Kier alpha value is -2.78. The van der Waals surface area contributed by atoms with Gasteiger partial charge in [-0.1, -0.05) is 60.4 Å². The highest BCUT2D eigenvalue weighted by atomic mass is 32.2. The molecule has 2 amide bonds. The lowest BCUT2D eigenvalue weighted by Gasteiger charge is -2.18. The summed E-state index contributed by atoms with van der Waals surface area (Å²) in [6.45, 7) is -2.67. The van der Waals surface area contributed by atoms with Crippen LogP contribution in [0.2, 0.25) is 0 Å². The van der Waals surface area contributed by atoms with Crippen molar-refractivity contribution in [2.45, 2.75) is 19.5 Å². The number of thioether (sulfide) groups is 1. The van der Waals surface area contributed by atoms with E-state index in [9.17, 15) is 18.4 Å². The van der Waals surface area contributed by atoms with Gasteiger partial charge < -0.3 is 9.64 Å². The molecule has 0 saturated carbocycles. The van der Waals surface area contributed by atoms with Gasteiger partial charge in [-0.2, -0.15) is 8.78 Å². The second-order valence-corrected chi connectivity index (χ2v) is 8.32. The van der Waals surface area contributed by atoms with Crippen LogP contribution >= 0.6 is 24.0 Å². The standard InChI is InChI=1S/C22H20F2N2O3S2/c1-25(16-9-3-2-4-10-16)19(27)12-7-13-26-20(28)18(31-22(26)30)14-15-8-5-6-11-17(15)29-21(23)24/h2-6,8-11,14,21H,7,12-13H2,1H3/b18-14-. The van der Waals surface area contributed by atoms with Crippen LogP contribution in [0, 0.1) is 0 Å². The van der Waals surface area contributed by atoms with Gasteiger partial charge in [0, 0.05) is 31.3 Å². The predicted molar refractivity (Wildman–Crippen MR) is 122 cm³/mol. The molecular formula is C22H20F2N2O3S2. The minimum absolute atomic E-state index is 0.0164. The van der Waals surface area contributed by atoms with Crippen LogP contribution in [-0.4, -0.2) is 41.2 Å². The van der Waals surface area contributed by atoms with E-state index in [-0.39, 0.29) is 24.0 Å². The fourth-order valence-electron chi connectivity index (χ4n) is 2.99. The summed E-state index contributed by atoms with van der Waals surface area (Å²) in [5.41, 5.74) is 1.16. The van der Waals surface area contributed by atoms with Gasteiger partial charge in [0.15, 0.2) is 0 Å². The van der Waals surface area contributed by atoms with Gasteiger partial charge >= 0.3 is 6.61 Å². The maximum Gasteiger partial charge on any atom is 0.387 e. The Morgan fingerprint density at radius 2 is 1.87 bits per heavy atom. The van der Waals surface area contributed by atoms with Crippen molar-refractivity contribution in [3.63, 3.8) is 0 Å². The quantitative estimate of drug-likeness (QED) is 0.411. The van der Waals surface area contributed by atoms with Crippen molar-refractivity contribution < 1.29 is 23.1 Å². The summed E-state index contributed by atoms with van der Waals surface area (Å²) in [5.74, 6) is -0.395. The van der Waals surface area contributed by atoms with E-state index in [0.717, 1.165) is 17.4 Å². The molecule has 1 heterocycles. The fourth-order valence-corrected chi connectivity index (χ4v) is 4.29. The Balaban J connectivity index is 1.61. The van der Waals surface area contributed by atoms with E-state index in [4.69, 9.17) is 12.2 Å². The minimum Gasteiger partial charge on any atom is -0.434 e. The molecule has 9 heteroatoms. The molecule has 1 fully saturated rings. The molecule has 0 spiro atoms. The van der Waals surface area contributed by atoms with Crippen molar-refractivity contribution in [1.82, 2.24) is 4.90 Å². The molecule has 3 rings (SSSR count). The van der Waals surface area contributed by atoms with Gasteiger partial charge in [0.1, 0.15) is 10.1 Å². The molecule has 1 aliphatic heterocycles. The van der Waals surface area contributed by atoms with Crippen molar-refractivity contribution in [3.8, 4) is 5.75 Å². The molecule has 0 aliphatic carbocycles. The first-order valence-corrected chi connectivity index (χ1v) is 10.7. The third kappa shape index (κ3) is 5.89. The number of hydrogen-bond acceptors (Lipinski definition) is 5. The fraction of sp³-hybridized carbons (Fsp3) is 0.227. The average Bonchev–Trinajstić information content (AvgIpc) is 3.02. The van der Waals surface area contributed by atoms with E-state index in [1.165, 1.54) is 17.0 Å². The topological polar surface area (TPSA) is 49.9 Å². The first-order valence-electron chi connectivity index (χ1n) is 9.47. The number of carbonyl (C=O) groups excluding carboxylic acids is 2. The highest BCUT2D eigenvalue weighted by molar-refractivity contribution is 8.26. The number of carbonyl (C=O) groups is 2. The molecule has 5 nitrogen and oxygen atoms in total. The van der Waals surface area contributed by atoms with Gasteiger partial charge in [0.25, 0.3) is 5.91 Å². The summed E-state index contributed by atoms with van der Waals surface area (Å²) in [6.07, 6.45) is 2.19. The van der Waals surface area contributed by atoms with Gasteiger partial charge in [-0.05, 0) is 30.7 Å². The molecule has 0 unspecified atom stereocenters. The molecule has 2 aromatic rings. The lowest BCUT2D eigenvalue weighted by Crippen LogP contribution is -2.31. The lowest BCUT2D eigenvalue weighted by molar-refractivity contribution is -0.123. The van der Waals surface area contributed by atoms with Crippen molar-refractivity contribution >= 4 is 51.9 Å². The second-order valence-electron chi connectivity index (χ2n) is 6.64. The molecule has 0 aromatic heterocycles. The second kappa shape index (κ2) is 10.5. The normalized spacial score (nSPS) is 15.1. The summed E-state index contributed by atoms with van der Waals surface area (Å²) >= 11 is 6.40. The van der Waals surface area contributed by atoms with Gasteiger partial charge in [0.05, 0.1) is 4.91 Å². The van der Waals surface area contributed by atoms with E-state index in [1.54, 1.807) is 30.1 Å². The van der Waals surface area contributed by atoms with E-state index in [0.29, 0.717) is 27.8 Å². The molecule has 0 atom stereocenters. The molecule has 0 N–H and O–H groups in total. The van der Waals surface area contributed by atoms with Crippen LogP contribution in [0.1, 0.15) is 18.4 Å². The highest BCUT2D eigenvalue weighted by Crippen LogP contribution is 2.34. The molecule has 0 bridgehead atoms. The zero-order chi connectivity index (χ0) is 22.4. The number of nitrogens with zero attached hydrogens (tertiary/aromatic N) is 2. The Kier molecular flexibility index (Phi) is 7.75. The number of para-hydroxylation sites is 2. The predicted octanol–water partition coefficient (Wildman–Crippen LogP) is 4.93. The van der Waals surface area contributed by atoms with Crippen molar-refractivity contribution in [3.05, 3.63) is 65.1 Å². The van der Waals surface area contributed by atoms with E-state index in [1.807, 2.05) is 30.3 Å². The molecule has 0 radical (unpaired) electrons. The van der Waals surface area contributed by atoms with Gasteiger partial charge in [-0.15, -0.1) is 0 Å². The summed E-state index contributed by atoms with van der Waals surface area (Å²) in [5, 5.41) is 0. The summed E-state index contributed by atoms with van der Waals surface area (Å²) in [6, 6.07) is 15.5. The monoisotopic (exact) mass is 462 g/mol. The Bertz CT molecular complexity index is 999. The van der Waals surface area contributed by atoms with Crippen LogP contribution in [0.15, 0.2) is 59.5 Å². The molecule has 1 aliphatic rings. The van der Waals surface area contributed by atoms with Crippen LogP contribution in [-0.2, 0) is 9.59 Å². The number of halogens is 2. The number of anilines is 1. The zero-order valence-electron chi connectivity index (χ0n) is 16.7. The summed E-state index contributed by atoms with van der Waals surface area (Å²) in [7, 11) is 1.71. The van der Waals surface area contributed by atoms with Gasteiger partial charge in [-0.25, -0.2) is 0 Å². The number of alkyl halides is 2. The summed E-state index contributed by atoms with van der Waals surface area (Å²) in [4.78, 5) is 28.5. The molecule has 162 valence electrons. The highest BCUT2D eigenvalue weighted by Gasteiger charge is 2.32. The smallest absolute Gasteiger partial charge is 0.387 e. The third-order valence-corrected chi connectivity index (χ3v) is 5.96. The lowest BCUT2D eigenvalue weighted by atomic mass is 10.2. The van der Waals surface area contributed by atoms with Gasteiger partial charge in [-0.3, -0.25) is 14.5 Å².